The number of carbonyl (C=O) groups excluding carboxylic acids is 1. The third-order valence-corrected chi connectivity index (χ3v) is 5.93. The van der Waals surface area contributed by atoms with Crippen LogP contribution >= 0.6 is 0 Å². The van der Waals surface area contributed by atoms with Crippen LogP contribution in [0.25, 0.3) is 0 Å². The fourth-order valence-electron chi connectivity index (χ4n) is 2.53. The fourth-order valence-corrected chi connectivity index (χ4v) is 3.51. The molecular weight excluding hydrogens is 400 g/mol. The molecule has 0 fully saturated rings. The van der Waals surface area contributed by atoms with Crippen LogP contribution in [0, 0.1) is 0 Å². The molecule has 9 nitrogen and oxygen atoms in total. The van der Waals surface area contributed by atoms with Crippen molar-refractivity contribution < 1.29 is 32.3 Å². The topological polar surface area (TPSA) is 103 Å². The lowest BCUT2D eigenvalue weighted by atomic mass is 10.1. The predicted octanol–water partition coefficient (Wildman–Crippen LogP) is 1.82. The van der Waals surface area contributed by atoms with E-state index in [0.29, 0.717) is 28.4 Å². The molecule has 0 aromatic heterocycles. The highest BCUT2D eigenvalue weighted by atomic mass is 32.2. The van der Waals surface area contributed by atoms with Gasteiger partial charge >= 0.3 is 0 Å². The molecular formula is C19H24N2O7S. The van der Waals surface area contributed by atoms with Gasteiger partial charge in [0.2, 0.25) is 0 Å². The molecule has 29 heavy (non-hydrogen) atoms. The summed E-state index contributed by atoms with van der Waals surface area (Å²) in [5.74, 6) is 1.18. The van der Waals surface area contributed by atoms with E-state index in [4.69, 9.17) is 19.0 Å². The van der Waals surface area contributed by atoms with E-state index in [-0.39, 0.29) is 17.3 Å². The van der Waals surface area contributed by atoms with E-state index in [1.165, 1.54) is 59.8 Å². The molecule has 2 aromatic rings. The molecule has 158 valence electrons. The van der Waals surface area contributed by atoms with Crippen molar-refractivity contribution in [1.29, 1.82) is 0 Å². The minimum atomic E-state index is -3.77. The van der Waals surface area contributed by atoms with E-state index >= 15 is 0 Å². The quantitative estimate of drug-likeness (QED) is 0.613. The smallest absolute Gasteiger partial charge is 0.264 e. The zero-order valence-electron chi connectivity index (χ0n) is 16.9. The summed E-state index contributed by atoms with van der Waals surface area (Å²) < 4.78 is 41.0. The molecule has 0 aliphatic rings. The predicted molar refractivity (Wildman–Crippen MR) is 106 cm³/mol. The summed E-state index contributed by atoms with van der Waals surface area (Å²) in [6, 6.07) is 8.93. The molecule has 1 amide bonds. The van der Waals surface area contributed by atoms with Gasteiger partial charge in [-0.1, -0.05) is 4.47 Å². The average Bonchev–Trinajstić information content (AvgIpc) is 2.75. The molecule has 10 heteroatoms. The normalized spacial score (nSPS) is 11.2. The lowest BCUT2D eigenvalue weighted by Crippen LogP contribution is -2.26. The van der Waals surface area contributed by atoms with Gasteiger partial charge in [0.25, 0.3) is 15.9 Å². The zero-order chi connectivity index (χ0) is 21.6. The molecule has 0 saturated carbocycles. The zero-order valence-corrected chi connectivity index (χ0v) is 17.7. The third kappa shape index (κ3) is 4.97. The van der Waals surface area contributed by atoms with Crippen molar-refractivity contribution in [2.24, 2.45) is 0 Å². The summed E-state index contributed by atoms with van der Waals surface area (Å²) in [5.41, 5.74) is 1.00. The Kier molecular flexibility index (Phi) is 7.43. The largest absolute Gasteiger partial charge is 0.496 e. The fraction of sp³-hybridized carbons (Fsp3) is 0.316. The number of carbonyl (C=O) groups is 1. The van der Waals surface area contributed by atoms with Crippen LogP contribution in [0.2, 0.25) is 0 Å². The minimum Gasteiger partial charge on any atom is -0.496 e. The number of ether oxygens (including phenoxy) is 3. The second-order valence-electron chi connectivity index (χ2n) is 5.82. The molecule has 0 atom stereocenters. The molecule has 1 N–H and O–H groups in total. The number of hydrogen-bond donors (Lipinski definition) is 1. The maximum Gasteiger partial charge on any atom is 0.264 e. The Labute approximate surface area is 170 Å². The number of hydroxylamine groups is 1. The highest BCUT2D eigenvalue weighted by Crippen LogP contribution is 2.34. The van der Waals surface area contributed by atoms with Crippen molar-refractivity contribution >= 4 is 15.9 Å². The van der Waals surface area contributed by atoms with Crippen molar-refractivity contribution in [2.45, 2.75) is 11.4 Å². The molecule has 0 radical (unpaired) electrons. The first-order chi connectivity index (χ1) is 13.8. The van der Waals surface area contributed by atoms with Crippen LogP contribution in [-0.2, 0) is 21.4 Å². The van der Waals surface area contributed by atoms with Crippen LogP contribution in [0.1, 0.15) is 15.9 Å². The number of methoxy groups -OCH3 is 3. The van der Waals surface area contributed by atoms with E-state index in [1.807, 2.05) is 0 Å². The highest BCUT2D eigenvalue weighted by molar-refractivity contribution is 7.89. The van der Waals surface area contributed by atoms with Gasteiger partial charge in [0, 0.05) is 30.8 Å². The van der Waals surface area contributed by atoms with Crippen molar-refractivity contribution in [2.75, 3.05) is 35.5 Å². The molecule has 2 rings (SSSR count). The maximum absolute atomic E-state index is 12.5. The van der Waals surface area contributed by atoms with E-state index < -0.39 is 10.0 Å². The number of hydrogen-bond acceptors (Lipinski definition) is 7. The van der Waals surface area contributed by atoms with Crippen LogP contribution in [0.4, 0.5) is 0 Å². The number of benzene rings is 2. The maximum atomic E-state index is 12.5. The molecule has 0 aliphatic heterocycles. The molecule has 0 heterocycles. The molecule has 0 aliphatic carbocycles. The minimum absolute atomic E-state index is 0.0139. The van der Waals surface area contributed by atoms with E-state index in [0.717, 1.165) is 4.47 Å². The second kappa shape index (κ2) is 9.59. The Bertz CT molecular complexity index is 959. The van der Waals surface area contributed by atoms with Gasteiger partial charge in [-0.05, 0) is 30.3 Å². The lowest BCUT2D eigenvalue weighted by molar-refractivity contribution is -0.0258. The number of rotatable bonds is 9. The van der Waals surface area contributed by atoms with Crippen molar-refractivity contribution in [3.63, 3.8) is 0 Å². The first kappa shape index (κ1) is 22.5. The summed E-state index contributed by atoms with van der Waals surface area (Å²) in [4.78, 5) is 17.2. The Morgan fingerprint density at radius 3 is 2.00 bits per heavy atom. The number of nitrogens with zero attached hydrogens (tertiary/aromatic N) is 1. The SMILES string of the molecule is COc1cc(OC)c(OC)cc1CNC(=O)c1ccc(S(=O)(=O)N(C)OC)cc1. The Morgan fingerprint density at radius 1 is 0.931 bits per heavy atom. The average molecular weight is 424 g/mol. The van der Waals surface area contributed by atoms with Gasteiger partial charge in [0.1, 0.15) is 5.75 Å². The summed E-state index contributed by atoms with van der Waals surface area (Å²) in [6.07, 6.45) is 0. The van der Waals surface area contributed by atoms with Gasteiger partial charge in [0.15, 0.2) is 11.5 Å². The van der Waals surface area contributed by atoms with Crippen LogP contribution in [-0.4, -0.2) is 54.3 Å². The first-order valence-electron chi connectivity index (χ1n) is 8.48. The summed E-state index contributed by atoms with van der Waals surface area (Å²) in [7, 11) is 3.32. The molecule has 2 aromatic carbocycles. The standard InChI is InChI=1S/C19H24N2O7S/c1-21(28-5)29(23,24)15-8-6-13(7-9-15)19(22)20-12-14-10-17(26-3)18(27-4)11-16(14)25-2/h6-11H,12H2,1-5H3,(H,20,22). The van der Waals surface area contributed by atoms with E-state index in [1.54, 1.807) is 12.1 Å². The van der Waals surface area contributed by atoms with Gasteiger partial charge in [-0.3, -0.25) is 9.63 Å². The third-order valence-electron chi connectivity index (χ3n) is 4.24. The summed E-state index contributed by atoms with van der Waals surface area (Å²) >= 11 is 0. The highest BCUT2D eigenvalue weighted by Gasteiger charge is 2.21. The van der Waals surface area contributed by atoms with Crippen molar-refractivity contribution in [1.82, 2.24) is 9.79 Å². The van der Waals surface area contributed by atoms with Crippen molar-refractivity contribution in [3.8, 4) is 17.2 Å². The van der Waals surface area contributed by atoms with Crippen LogP contribution in [0.5, 0.6) is 17.2 Å². The van der Waals surface area contributed by atoms with Gasteiger partial charge in [-0.15, -0.1) is 0 Å². The van der Waals surface area contributed by atoms with Gasteiger partial charge < -0.3 is 19.5 Å². The second-order valence-corrected chi connectivity index (χ2v) is 7.76. The van der Waals surface area contributed by atoms with Crippen LogP contribution < -0.4 is 19.5 Å². The van der Waals surface area contributed by atoms with Gasteiger partial charge in [-0.25, -0.2) is 8.42 Å². The lowest BCUT2D eigenvalue weighted by Gasteiger charge is -2.15. The van der Waals surface area contributed by atoms with Crippen molar-refractivity contribution in [3.05, 3.63) is 47.5 Å². The molecule has 0 spiro atoms. The monoisotopic (exact) mass is 424 g/mol. The molecule has 0 saturated heterocycles. The Morgan fingerprint density at radius 2 is 1.48 bits per heavy atom. The van der Waals surface area contributed by atoms with Gasteiger partial charge in [0.05, 0.1) is 33.3 Å². The number of nitrogens with one attached hydrogen (secondary N) is 1. The van der Waals surface area contributed by atoms with Crippen LogP contribution in [0.3, 0.4) is 0 Å². The first-order valence-corrected chi connectivity index (χ1v) is 9.92. The Balaban J connectivity index is 2.16. The molecule has 0 unspecified atom stereocenters. The van der Waals surface area contributed by atoms with Gasteiger partial charge in [-0.2, -0.15) is 0 Å². The number of amides is 1. The Hall–Kier alpha value is -2.82. The van der Waals surface area contributed by atoms with Crippen LogP contribution in [0.15, 0.2) is 41.3 Å². The summed E-state index contributed by atoms with van der Waals surface area (Å²) in [6.45, 7) is 0.175. The van der Waals surface area contributed by atoms with E-state index in [2.05, 4.69) is 5.32 Å². The summed E-state index contributed by atoms with van der Waals surface area (Å²) in [5, 5.41) is 2.77. The number of sulfonamides is 1. The van der Waals surface area contributed by atoms with E-state index in [9.17, 15) is 13.2 Å². The molecule has 0 bridgehead atoms.